The molecule has 0 unspecified atom stereocenters. The first-order chi connectivity index (χ1) is 11.6. The molecule has 2 heterocycles. The number of nitrogens with one attached hydrogen (secondary N) is 1. The number of aromatic nitrogens is 2. The standard InChI is InChI=1S/C17H31N5O2/c1-15(14-22-9-3-7-19-22)13-18-17(24)21-10-5-16(6-11-21)20(2)8-4-12-23/h3,7,9,15-16,23H,4-6,8,10-14H2,1-2H3,(H,18,24)/t15-/m0/s1. The van der Waals surface area contributed by atoms with E-state index in [4.69, 9.17) is 5.11 Å². The van der Waals surface area contributed by atoms with E-state index in [1.54, 1.807) is 6.20 Å². The monoisotopic (exact) mass is 337 g/mol. The molecule has 0 saturated carbocycles. The first-order valence-electron chi connectivity index (χ1n) is 8.91. The van der Waals surface area contributed by atoms with E-state index in [-0.39, 0.29) is 12.6 Å². The summed E-state index contributed by atoms with van der Waals surface area (Å²) < 4.78 is 1.89. The van der Waals surface area contributed by atoms with Gasteiger partial charge in [-0.2, -0.15) is 5.10 Å². The van der Waals surface area contributed by atoms with Crippen LogP contribution in [0.3, 0.4) is 0 Å². The number of amides is 2. The minimum atomic E-state index is 0.0405. The van der Waals surface area contributed by atoms with Gasteiger partial charge in [0.1, 0.15) is 0 Å². The summed E-state index contributed by atoms with van der Waals surface area (Å²) in [5.74, 6) is 0.344. The number of urea groups is 1. The average molecular weight is 337 g/mol. The lowest BCUT2D eigenvalue weighted by atomic mass is 10.0. The van der Waals surface area contributed by atoms with E-state index in [1.807, 2.05) is 21.8 Å². The van der Waals surface area contributed by atoms with Crippen molar-refractivity contribution < 1.29 is 9.90 Å². The van der Waals surface area contributed by atoms with Gasteiger partial charge in [0, 0.05) is 57.8 Å². The van der Waals surface area contributed by atoms with Crippen LogP contribution in [0.15, 0.2) is 18.5 Å². The van der Waals surface area contributed by atoms with Gasteiger partial charge in [-0.25, -0.2) is 4.79 Å². The molecule has 1 fully saturated rings. The zero-order valence-corrected chi connectivity index (χ0v) is 14.9. The van der Waals surface area contributed by atoms with Crippen LogP contribution < -0.4 is 5.32 Å². The molecule has 0 radical (unpaired) electrons. The molecule has 1 atom stereocenters. The van der Waals surface area contributed by atoms with Crippen LogP contribution in [0.2, 0.25) is 0 Å². The molecule has 2 rings (SSSR count). The first-order valence-corrected chi connectivity index (χ1v) is 8.91. The molecule has 0 aliphatic carbocycles. The molecule has 1 aliphatic heterocycles. The fourth-order valence-corrected chi connectivity index (χ4v) is 3.18. The van der Waals surface area contributed by atoms with Crippen molar-refractivity contribution >= 4 is 6.03 Å². The Kier molecular flexibility index (Phi) is 7.52. The predicted molar refractivity (Wildman–Crippen MR) is 93.7 cm³/mol. The summed E-state index contributed by atoms with van der Waals surface area (Å²) in [4.78, 5) is 16.5. The number of likely N-dealkylation sites (tertiary alicyclic amines) is 1. The maximum Gasteiger partial charge on any atom is 0.317 e. The summed E-state index contributed by atoms with van der Waals surface area (Å²) in [7, 11) is 2.10. The van der Waals surface area contributed by atoms with Crippen molar-refractivity contribution in [2.45, 2.75) is 38.8 Å². The number of carbonyl (C=O) groups is 1. The Morgan fingerprint density at radius 2 is 2.21 bits per heavy atom. The Hall–Kier alpha value is -1.60. The van der Waals surface area contributed by atoms with Crippen molar-refractivity contribution in [3.05, 3.63) is 18.5 Å². The number of aliphatic hydroxyl groups excluding tert-OH is 1. The summed E-state index contributed by atoms with van der Waals surface area (Å²) in [6.07, 6.45) is 6.52. The van der Waals surface area contributed by atoms with Crippen LogP contribution in [-0.2, 0) is 6.54 Å². The number of nitrogens with zero attached hydrogens (tertiary/aromatic N) is 4. The second kappa shape index (κ2) is 9.64. The van der Waals surface area contributed by atoms with Crippen molar-refractivity contribution in [2.75, 3.05) is 39.8 Å². The summed E-state index contributed by atoms with van der Waals surface area (Å²) in [5.41, 5.74) is 0. The molecule has 7 nitrogen and oxygen atoms in total. The molecule has 24 heavy (non-hydrogen) atoms. The Morgan fingerprint density at radius 3 is 2.83 bits per heavy atom. The lowest BCUT2D eigenvalue weighted by molar-refractivity contribution is 0.128. The molecule has 0 aromatic carbocycles. The lowest BCUT2D eigenvalue weighted by Gasteiger charge is -2.36. The van der Waals surface area contributed by atoms with Gasteiger partial charge >= 0.3 is 6.03 Å². The Bertz CT molecular complexity index is 471. The summed E-state index contributed by atoms with van der Waals surface area (Å²) in [5, 5.41) is 16.2. The second-order valence-electron chi connectivity index (χ2n) is 6.80. The number of hydrogen-bond acceptors (Lipinski definition) is 4. The van der Waals surface area contributed by atoms with Crippen LogP contribution in [0.5, 0.6) is 0 Å². The topological polar surface area (TPSA) is 73.6 Å². The zero-order valence-electron chi connectivity index (χ0n) is 14.9. The fraction of sp³-hybridized carbons (Fsp3) is 0.765. The van der Waals surface area contributed by atoms with Crippen molar-refractivity contribution in [3.8, 4) is 0 Å². The highest BCUT2D eigenvalue weighted by atomic mass is 16.3. The van der Waals surface area contributed by atoms with E-state index in [2.05, 4.69) is 29.3 Å². The Labute approximate surface area is 144 Å². The van der Waals surface area contributed by atoms with E-state index >= 15 is 0 Å². The molecule has 2 amide bonds. The zero-order chi connectivity index (χ0) is 17.4. The van der Waals surface area contributed by atoms with Gasteiger partial charge in [0.25, 0.3) is 0 Å². The third-order valence-electron chi connectivity index (χ3n) is 4.70. The molecule has 1 aromatic rings. The molecule has 1 saturated heterocycles. The number of piperidine rings is 1. The van der Waals surface area contributed by atoms with E-state index in [9.17, 15) is 4.79 Å². The van der Waals surface area contributed by atoms with Crippen LogP contribution in [0.4, 0.5) is 4.79 Å². The highest BCUT2D eigenvalue weighted by Crippen LogP contribution is 2.15. The van der Waals surface area contributed by atoms with Gasteiger partial charge in [-0.15, -0.1) is 0 Å². The molecule has 1 aromatic heterocycles. The molecular weight excluding hydrogens is 306 g/mol. The lowest BCUT2D eigenvalue weighted by Crippen LogP contribution is -2.49. The number of aliphatic hydroxyl groups is 1. The third kappa shape index (κ3) is 5.79. The summed E-state index contributed by atoms with van der Waals surface area (Å²) in [6.45, 7) is 6.34. The second-order valence-corrected chi connectivity index (χ2v) is 6.80. The van der Waals surface area contributed by atoms with Crippen molar-refractivity contribution in [1.29, 1.82) is 0 Å². The molecule has 1 aliphatic rings. The highest BCUT2D eigenvalue weighted by Gasteiger charge is 2.25. The van der Waals surface area contributed by atoms with Crippen LogP contribution in [0.1, 0.15) is 26.2 Å². The molecular formula is C17H31N5O2. The quantitative estimate of drug-likeness (QED) is 0.742. The number of hydrogen-bond donors (Lipinski definition) is 2. The smallest absolute Gasteiger partial charge is 0.317 e. The molecule has 0 spiro atoms. The van der Waals surface area contributed by atoms with Gasteiger partial charge in [0.2, 0.25) is 0 Å². The Morgan fingerprint density at radius 1 is 1.46 bits per heavy atom. The van der Waals surface area contributed by atoms with Crippen molar-refractivity contribution in [3.63, 3.8) is 0 Å². The molecule has 136 valence electrons. The van der Waals surface area contributed by atoms with Crippen molar-refractivity contribution in [1.82, 2.24) is 24.9 Å². The molecule has 0 bridgehead atoms. The minimum Gasteiger partial charge on any atom is -0.396 e. The predicted octanol–water partition coefficient (Wildman–Crippen LogP) is 1.01. The van der Waals surface area contributed by atoms with E-state index < -0.39 is 0 Å². The molecule has 2 N–H and O–H groups in total. The maximum absolute atomic E-state index is 12.3. The minimum absolute atomic E-state index is 0.0405. The largest absolute Gasteiger partial charge is 0.396 e. The van der Waals surface area contributed by atoms with Crippen LogP contribution in [-0.4, -0.2) is 76.6 Å². The van der Waals surface area contributed by atoms with Gasteiger partial charge in [-0.1, -0.05) is 6.92 Å². The number of carbonyl (C=O) groups excluding carboxylic acids is 1. The fourth-order valence-electron chi connectivity index (χ4n) is 3.18. The van der Waals surface area contributed by atoms with Crippen LogP contribution >= 0.6 is 0 Å². The normalized spacial score (nSPS) is 17.2. The average Bonchev–Trinajstić information content (AvgIpc) is 3.10. The third-order valence-corrected chi connectivity index (χ3v) is 4.70. The van der Waals surface area contributed by atoms with E-state index in [0.717, 1.165) is 45.4 Å². The van der Waals surface area contributed by atoms with Crippen LogP contribution in [0.25, 0.3) is 0 Å². The van der Waals surface area contributed by atoms with Gasteiger partial charge in [0.05, 0.1) is 0 Å². The highest BCUT2D eigenvalue weighted by molar-refractivity contribution is 5.74. The van der Waals surface area contributed by atoms with Crippen molar-refractivity contribution in [2.24, 2.45) is 5.92 Å². The first kappa shape index (κ1) is 18.7. The van der Waals surface area contributed by atoms with E-state index in [1.165, 1.54) is 0 Å². The number of rotatable bonds is 8. The van der Waals surface area contributed by atoms with Gasteiger partial charge in [0.15, 0.2) is 0 Å². The SMILES string of the molecule is C[C@@H](CNC(=O)N1CCC(N(C)CCCO)CC1)Cn1cccn1. The summed E-state index contributed by atoms with van der Waals surface area (Å²) in [6, 6.07) is 2.46. The van der Waals surface area contributed by atoms with Gasteiger partial charge < -0.3 is 20.2 Å². The van der Waals surface area contributed by atoms with E-state index in [0.29, 0.717) is 18.5 Å². The maximum atomic E-state index is 12.3. The summed E-state index contributed by atoms with van der Waals surface area (Å²) >= 11 is 0. The molecule has 7 heteroatoms. The van der Waals surface area contributed by atoms with Gasteiger partial charge in [-0.3, -0.25) is 4.68 Å². The van der Waals surface area contributed by atoms with Gasteiger partial charge in [-0.05, 0) is 38.3 Å². The Balaban J connectivity index is 1.65. The van der Waals surface area contributed by atoms with Crippen LogP contribution in [0, 0.1) is 5.92 Å².